The van der Waals surface area contributed by atoms with Gasteiger partial charge in [0.15, 0.2) is 5.84 Å². The zero-order valence-electron chi connectivity index (χ0n) is 27.8. The predicted molar refractivity (Wildman–Crippen MR) is 211 cm³/mol. The summed E-state index contributed by atoms with van der Waals surface area (Å²) < 4.78 is 4.74. The molecular weight excluding hydrogens is 623 g/mol. The van der Waals surface area contributed by atoms with E-state index in [-0.39, 0.29) is 6.17 Å². The summed E-state index contributed by atoms with van der Waals surface area (Å²) in [5.74, 6) is 1.49. The molecule has 0 bridgehead atoms. The van der Waals surface area contributed by atoms with E-state index in [2.05, 4.69) is 184 Å². The second-order valence-corrected chi connectivity index (χ2v) is 13.0. The summed E-state index contributed by atoms with van der Waals surface area (Å²) >= 11 is 0. The van der Waals surface area contributed by atoms with Crippen molar-refractivity contribution in [2.24, 2.45) is 9.98 Å². The number of benzene rings is 6. The summed E-state index contributed by atoms with van der Waals surface area (Å²) in [4.78, 5) is 10.5. The van der Waals surface area contributed by atoms with Crippen molar-refractivity contribution in [1.29, 1.82) is 0 Å². The minimum atomic E-state index is -0.298. The Morgan fingerprint density at radius 1 is 0.549 bits per heavy atom. The summed E-state index contributed by atoms with van der Waals surface area (Å²) in [7, 11) is 0. The molecular formula is C46H33N5. The lowest BCUT2D eigenvalue weighted by atomic mass is 10.1. The van der Waals surface area contributed by atoms with Crippen LogP contribution in [-0.2, 0) is 6.42 Å². The van der Waals surface area contributed by atoms with Crippen molar-refractivity contribution < 1.29 is 0 Å². The highest BCUT2D eigenvalue weighted by Crippen LogP contribution is 2.34. The first kappa shape index (κ1) is 29.2. The monoisotopic (exact) mass is 655 g/mol. The van der Waals surface area contributed by atoms with E-state index in [0.29, 0.717) is 5.84 Å². The molecule has 0 fully saturated rings. The molecule has 0 spiro atoms. The molecule has 242 valence electrons. The van der Waals surface area contributed by atoms with Crippen molar-refractivity contribution in [2.45, 2.75) is 12.6 Å². The molecule has 8 aromatic rings. The first-order chi connectivity index (χ1) is 25.3. The SMILES string of the molecule is C1=CCc2c(c3ccccc3n2-c2cccc(C3=NC(c4ccccc4)NC(c4cccc(-n5c6ccccc6c6ccccc65)c4)=N3)c2)C=C1. The van der Waals surface area contributed by atoms with Crippen LogP contribution in [0.4, 0.5) is 0 Å². The van der Waals surface area contributed by atoms with Gasteiger partial charge in [0.05, 0.1) is 16.6 Å². The number of hydrogen-bond donors (Lipinski definition) is 1. The largest absolute Gasteiger partial charge is 0.344 e. The zero-order chi connectivity index (χ0) is 33.7. The number of rotatable bonds is 5. The van der Waals surface area contributed by atoms with Crippen LogP contribution >= 0.6 is 0 Å². The third kappa shape index (κ3) is 4.93. The molecule has 1 aliphatic heterocycles. The first-order valence-corrected chi connectivity index (χ1v) is 17.4. The van der Waals surface area contributed by atoms with Crippen LogP contribution in [0.3, 0.4) is 0 Å². The summed E-state index contributed by atoms with van der Waals surface area (Å²) in [5, 5.41) is 7.41. The number of aromatic nitrogens is 2. The zero-order valence-corrected chi connectivity index (χ0v) is 27.8. The van der Waals surface area contributed by atoms with E-state index in [9.17, 15) is 0 Å². The minimum Gasteiger partial charge on any atom is -0.344 e. The Labute approximate surface area is 295 Å². The summed E-state index contributed by atoms with van der Waals surface area (Å²) in [6, 6.07) is 53.6. The number of nitrogens with zero attached hydrogens (tertiary/aromatic N) is 4. The molecule has 6 aromatic carbocycles. The van der Waals surface area contributed by atoms with Crippen LogP contribution in [0.25, 0.3) is 50.2 Å². The second-order valence-electron chi connectivity index (χ2n) is 13.0. The van der Waals surface area contributed by atoms with Gasteiger partial charge in [0.1, 0.15) is 12.0 Å². The summed E-state index contributed by atoms with van der Waals surface area (Å²) in [6.07, 6.45) is 9.29. The van der Waals surface area contributed by atoms with Gasteiger partial charge in [0.25, 0.3) is 0 Å². The topological polar surface area (TPSA) is 46.6 Å². The number of amidine groups is 2. The Morgan fingerprint density at radius 3 is 1.90 bits per heavy atom. The molecule has 2 aromatic heterocycles. The molecule has 1 unspecified atom stereocenters. The van der Waals surface area contributed by atoms with Gasteiger partial charge in [-0.2, -0.15) is 0 Å². The fourth-order valence-corrected chi connectivity index (χ4v) is 7.72. The van der Waals surface area contributed by atoms with E-state index in [1.165, 1.54) is 44.0 Å². The Balaban J connectivity index is 1.11. The van der Waals surface area contributed by atoms with E-state index in [1.807, 2.05) is 6.07 Å². The Bertz CT molecular complexity index is 2700. The van der Waals surface area contributed by atoms with Gasteiger partial charge in [-0.3, -0.25) is 0 Å². The molecule has 1 aliphatic carbocycles. The second kappa shape index (κ2) is 12.0. The molecule has 0 saturated heterocycles. The smallest absolute Gasteiger partial charge is 0.159 e. The highest BCUT2D eigenvalue weighted by molar-refractivity contribution is 6.14. The van der Waals surface area contributed by atoms with Crippen molar-refractivity contribution in [3.05, 3.63) is 198 Å². The van der Waals surface area contributed by atoms with E-state index in [4.69, 9.17) is 9.98 Å². The molecule has 2 aliphatic rings. The third-order valence-electron chi connectivity index (χ3n) is 10.0. The van der Waals surface area contributed by atoms with E-state index >= 15 is 0 Å². The van der Waals surface area contributed by atoms with Gasteiger partial charge in [-0.25, -0.2) is 9.98 Å². The molecule has 1 N–H and O–H groups in total. The molecule has 5 heteroatoms. The van der Waals surface area contributed by atoms with Crippen LogP contribution in [0.15, 0.2) is 180 Å². The van der Waals surface area contributed by atoms with Crippen molar-refractivity contribution in [1.82, 2.24) is 14.5 Å². The van der Waals surface area contributed by atoms with Gasteiger partial charge in [0.2, 0.25) is 0 Å². The maximum atomic E-state index is 5.25. The van der Waals surface area contributed by atoms with Gasteiger partial charge in [0, 0.05) is 56.3 Å². The minimum absolute atomic E-state index is 0.298. The number of hydrogen-bond acceptors (Lipinski definition) is 3. The Hall–Kier alpha value is -6.72. The normalized spacial score (nSPS) is 15.4. The molecule has 0 saturated carbocycles. The average Bonchev–Trinajstić information content (AvgIpc) is 3.58. The van der Waals surface area contributed by atoms with Crippen LogP contribution in [0.5, 0.6) is 0 Å². The standard InChI is InChI=1S/C46H33N5/c1-3-15-31(16-4-1)44-47-45(32-17-13-19-34(29-32)50-40-25-6-2-5-21-36(40)37-22-7-10-26-41(37)50)49-46(48-44)33-18-14-20-35(30-33)51-42-27-11-8-23-38(42)39-24-9-12-28-43(39)51/h1-24,26-30,44H,25H2,(H,47,48,49). The fraction of sp³-hybridized carbons (Fsp3) is 0.0435. The van der Waals surface area contributed by atoms with E-state index in [0.717, 1.165) is 40.3 Å². The van der Waals surface area contributed by atoms with E-state index < -0.39 is 0 Å². The quantitative estimate of drug-likeness (QED) is 0.197. The molecule has 0 amide bonds. The molecule has 5 nitrogen and oxygen atoms in total. The lowest BCUT2D eigenvalue weighted by Gasteiger charge is -2.24. The van der Waals surface area contributed by atoms with Crippen molar-refractivity contribution >= 4 is 50.5 Å². The number of nitrogens with one attached hydrogen (secondary N) is 1. The van der Waals surface area contributed by atoms with Gasteiger partial charge < -0.3 is 14.5 Å². The van der Waals surface area contributed by atoms with Crippen molar-refractivity contribution in [3.63, 3.8) is 0 Å². The highest BCUT2D eigenvalue weighted by Gasteiger charge is 2.23. The number of allylic oxidation sites excluding steroid dienone is 3. The number of aliphatic imine (C=N–C) groups is 2. The molecule has 10 rings (SSSR count). The van der Waals surface area contributed by atoms with Gasteiger partial charge >= 0.3 is 0 Å². The highest BCUT2D eigenvalue weighted by atomic mass is 15.2. The van der Waals surface area contributed by atoms with Crippen LogP contribution in [0.1, 0.15) is 34.1 Å². The molecule has 51 heavy (non-hydrogen) atoms. The lowest BCUT2D eigenvalue weighted by molar-refractivity contribution is 0.674. The van der Waals surface area contributed by atoms with Gasteiger partial charge in [-0.05, 0) is 48.0 Å². The maximum absolute atomic E-state index is 5.25. The van der Waals surface area contributed by atoms with Crippen molar-refractivity contribution in [2.75, 3.05) is 0 Å². The first-order valence-electron chi connectivity index (χ1n) is 17.4. The van der Waals surface area contributed by atoms with Crippen LogP contribution in [0.2, 0.25) is 0 Å². The predicted octanol–water partition coefficient (Wildman–Crippen LogP) is 10.3. The van der Waals surface area contributed by atoms with Gasteiger partial charge in [-0.15, -0.1) is 0 Å². The number of fused-ring (bicyclic) bond motifs is 6. The van der Waals surface area contributed by atoms with E-state index in [1.54, 1.807) is 0 Å². The Kier molecular flexibility index (Phi) is 6.88. The van der Waals surface area contributed by atoms with Crippen LogP contribution < -0.4 is 5.32 Å². The summed E-state index contributed by atoms with van der Waals surface area (Å²) in [5.41, 5.74) is 11.3. The fourth-order valence-electron chi connectivity index (χ4n) is 7.72. The third-order valence-corrected chi connectivity index (χ3v) is 10.0. The summed E-state index contributed by atoms with van der Waals surface area (Å²) in [6.45, 7) is 0. The molecule has 1 atom stereocenters. The lowest BCUT2D eigenvalue weighted by Crippen LogP contribution is -2.33. The van der Waals surface area contributed by atoms with Crippen LogP contribution in [0, 0.1) is 0 Å². The maximum Gasteiger partial charge on any atom is 0.159 e. The number of para-hydroxylation sites is 3. The average molecular weight is 656 g/mol. The Morgan fingerprint density at radius 2 is 1.16 bits per heavy atom. The molecule has 0 radical (unpaired) electrons. The molecule has 3 heterocycles. The van der Waals surface area contributed by atoms with Crippen LogP contribution in [-0.4, -0.2) is 20.8 Å². The van der Waals surface area contributed by atoms with Crippen molar-refractivity contribution in [3.8, 4) is 11.4 Å². The van der Waals surface area contributed by atoms with Gasteiger partial charge in [-0.1, -0.05) is 133 Å².